The number of carbonyl (C=O) groups excluding carboxylic acids is 1. The van der Waals surface area contributed by atoms with Crippen LogP contribution in [0.1, 0.15) is 45.4 Å². The number of nitrogens with one attached hydrogen (secondary N) is 1. The molecule has 0 aliphatic carbocycles. The Morgan fingerprint density at radius 3 is 3.08 bits per heavy atom. The van der Waals surface area contributed by atoms with Crippen molar-refractivity contribution in [1.29, 1.82) is 0 Å². The Morgan fingerprint density at radius 2 is 2.31 bits per heavy atom. The summed E-state index contributed by atoms with van der Waals surface area (Å²) >= 11 is 0. The molecule has 0 aromatic heterocycles. The number of Topliss-reactive ketones (excluding diaryl/α,β-unsaturated/α-hetero) is 1. The van der Waals surface area contributed by atoms with E-state index in [0.29, 0.717) is 23.8 Å². The van der Waals surface area contributed by atoms with Gasteiger partial charge in [-0.1, -0.05) is 19.8 Å². The lowest BCUT2D eigenvalue weighted by molar-refractivity contribution is -0.125. The highest BCUT2D eigenvalue weighted by atomic mass is 16.1. The van der Waals surface area contributed by atoms with Crippen molar-refractivity contribution in [3.63, 3.8) is 0 Å². The monoisotopic (exact) mass is 181 g/mol. The minimum atomic E-state index is 0.346. The molecule has 0 aromatic rings. The van der Waals surface area contributed by atoms with Gasteiger partial charge in [-0.25, -0.2) is 0 Å². The fourth-order valence-electron chi connectivity index (χ4n) is 2.73. The van der Waals surface area contributed by atoms with E-state index in [0.717, 1.165) is 12.8 Å². The summed E-state index contributed by atoms with van der Waals surface area (Å²) in [6, 6.07) is 1.05. The number of hydrogen-bond donors (Lipinski definition) is 1. The van der Waals surface area contributed by atoms with Crippen molar-refractivity contribution in [2.75, 3.05) is 0 Å². The van der Waals surface area contributed by atoms with Crippen LogP contribution in [0.2, 0.25) is 0 Å². The van der Waals surface area contributed by atoms with E-state index in [-0.39, 0.29) is 0 Å². The molecule has 2 saturated heterocycles. The number of rotatable bonds is 3. The van der Waals surface area contributed by atoms with E-state index in [2.05, 4.69) is 12.2 Å². The second-order valence-electron chi connectivity index (χ2n) is 4.47. The van der Waals surface area contributed by atoms with Crippen LogP contribution in [0.25, 0.3) is 0 Å². The Bertz CT molecular complexity index is 202. The first-order valence-corrected chi connectivity index (χ1v) is 5.60. The zero-order valence-electron chi connectivity index (χ0n) is 8.38. The minimum absolute atomic E-state index is 0.346. The third-order valence-corrected chi connectivity index (χ3v) is 3.49. The van der Waals surface area contributed by atoms with E-state index in [1.807, 2.05) is 0 Å². The van der Waals surface area contributed by atoms with Crippen molar-refractivity contribution in [1.82, 2.24) is 5.32 Å². The largest absolute Gasteiger partial charge is 0.310 e. The van der Waals surface area contributed by atoms with Crippen molar-refractivity contribution in [2.24, 2.45) is 5.92 Å². The molecule has 2 heteroatoms. The zero-order chi connectivity index (χ0) is 9.26. The van der Waals surface area contributed by atoms with E-state index in [4.69, 9.17) is 0 Å². The molecule has 3 unspecified atom stereocenters. The van der Waals surface area contributed by atoms with Crippen molar-refractivity contribution in [3.8, 4) is 0 Å². The van der Waals surface area contributed by atoms with Gasteiger partial charge in [-0.3, -0.25) is 4.79 Å². The van der Waals surface area contributed by atoms with Crippen LogP contribution in [0.15, 0.2) is 0 Å². The zero-order valence-corrected chi connectivity index (χ0v) is 8.38. The normalized spacial score (nSPS) is 38.2. The highest BCUT2D eigenvalue weighted by Gasteiger charge is 2.39. The maximum absolute atomic E-state index is 11.7. The lowest BCUT2D eigenvalue weighted by Crippen LogP contribution is -2.45. The molecule has 2 fully saturated rings. The second-order valence-corrected chi connectivity index (χ2v) is 4.47. The fourth-order valence-corrected chi connectivity index (χ4v) is 2.73. The van der Waals surface area contributed by atoms with E-state index in [1.165, 1.54) is 25.7 Å². The lowest BCUT2D eigenvalue weighted by atomic mass is 9.86. The van der Waals surface area contributed by atoms with Crippen molar-refractivity contribution >= 4 is 5.78 Å². The van der Waals surface area contributed by atoms with Crippen LogP contribution in [0, 0.1) is 5.92 Å². The van der Waals surface area contributed by atoms with Gasteiger partial charge in [-0.15, -0.1) is 0 Å². The Balaban J connectivity index is 1.95. The van der Waals surface area contributed by atoms with Crippen LogP contribution in [0.5, 0.6) is 0 Å². The minimum Gasteiger partial charge on any atom is -0.310 e. The molecule has 2 aliphatic rings. The Morgan fingerprint density at radius 1 is 1.46 bits per heavy atom. The molecule has 2 rings (SSSR count). The fraction of sp³-hybridized carbons (Fsp3) is 0.909. The van der Waals surface area contributed by atoms with Crippen LogP contribution < -0.4 is 5.32 Å². The highest BCUT2D eigenvalue weighted by molar-refractivity contribution is 5.83. The summed E-state index contributed by atoms with van der Waals surface area (Å²) in [6.45, 7) is 2.19. The molecule has 2 aliphatic heterocycles. The summed E-state index contributed by atoms with van der Waals surface area (Å²) in [7, 11) is 0. The average molecular weight is 181 g/mol. The summed E-state index contributed by atoms with van der Waals surface area (Å²) in [5.41, 5.74) is 0. The van der Waals surface area contributed by atoms with E-state index < -0.39 is 0 Å². The van der Waals surface area contributed by atoms with Crippen molar-refractivity contribution in [2.45, 2.75) is 57.5 Å². The third kappa shape index (κ3) is 1.78. The first-order chi connectivity index (χ1) is 6.31. The van der Waals surface area contributed by atoms with Gasteiger partial charge in [0.15, 0.2) is 0 Å². The van der Waals surface area contributed by atoms with Crippen LogP contribution in [0.4, 0.5) is 0 Å². The predicted molar refractivity (Wildman–Crippen MR) is 52.6 cm³/mol. The maximum atomic E-state index is 11.7. The van der Waals surface area contributed by atoms with Crippen LogP contribution in [-0.4, -0.2) is 17.9 Å². The van der Waals surface area contributed by atoms with Crippen LogP contribution in [-0.2, 0) is 4.79 Å². The Kier molecular flexibility index (Phi) is 2.68. The number of carbonyl (C=O) groups is 1. The molecule has 0 saturated carbocycles. The van der Waals surface area contributed by atoms with Gasteiger partial charge in [0.1, 0.15) is 5.78 Å². The molecule has 3 atom stereocenters. The Hall–Kier alpha value is -0.370. The quantitative estimate of drug-likeness (QED) is 0.720. The summed E-state index contributed by atoms with van der Waals surface area (Å²) < 4.78 is 0. The number of fused-ring (bicyclic) bond motifs is 2. The number of unbranched alkanes of at least 4 members (excludes halogenated alkanes) is 1. The van der Waals surface area contributed by atoms with E-state index in [9.17, 15) is 4.79 Å². The standard InChI is InChI=1S/C11H19NO/c1-2-3-4-9-10-6-5-8(12-10)7-11(9)13/h8-10,12H,2-7H2,1H3. The van der Waals surface area contributed by atoms with Gasteiger partial charge in [-0.05, 0) is 19.3 Å². The molecule has 13 heavy (non-hydrogen) atoms. The number of piperidine rings is 1. The van der Waals surface area contributed by atoms with Gasteiger partial charge in [0.05, 0.1) is 0 Å². The van der Waals surface area contributed by atoms with Gasteiger partial charge < -0.3 is 5.32 Å². The molecule has 2 nitrogen and oxygen atoms in total. The third-order valence-electron chi connectivity index (χ3n) is 3.49. The number of ketones is 1. The van der Waals surface area contributed by atoms with E-state index in [1.54, 1.807) is 0 Å². The first-order valence-electron chi connectivity index (χ1n) is 5.60. The maximum Gasteiger partial charge on any atom is 0.139 e. The molecule has 0 aromatic carbocycles. The topological polar surface area (TPSA) is 29.1 Å². The predicted octanol–water partition coefficient (Wildman–Crippen LogP) is 1.89. The highest BCUT2D eigenvalue weighted by Crippen LogP contribution is 2.31. The van der Waals surface area contributed by atoms with Crippen LogP contribution >= 0.6 is 0 Å². The summed E-state index contributed by atoms with van der Waals surface area (Å²) in [5.74, 6) is 0.874. The van der Waals surface area contributed by atoms with Gasteiger partial charge >= 0.3 is 0 Å². The van der Waals surface area contributed by atoms with Crippen molar-refractivity contribution in [3.05, 3.63) is 0 Å². The molecular weight excluding hydrogens is 162 g/mol. The SMILES string of the molecule is CCCCC1C(=O)CC2CCC1N2. The van der Waals surface area contributed by atoms with Gasteiger partial charge in [0.2, 0.25) is 0 Å². The Labute approximate surface area is 80.1 Å². The molecule has 0 amide bonds. The van der Waals surface area contributed by atoms with Crippen LogP contribution in [0.3, 0.4) is 0 Å². The molecular formula is C11H19NO. The molecule has 0 spiro atoms. The first kappa shape index (κ1) is 9.20. The molecule has 0 radical (unpaired) electrons. The lowest BCUT2D eigenvalue weighted by Gasteiger charge is -2.28. The van der Waals surface area contributed by atoms with Gasteiger partial charge in [-0.2, -0.15) is 0 Å². The summed E-state index contributed by atoms with van der Waals surface area (Å²) in [4.78, 5) is 11.7. The van der Waals surface area contributed by atoms with E-state index >= 15 is 0 Å². The molecule has 2 bridgehead atoms. The smallest absolute Gasteiger partial charge is 0.139 e. The second kappa shape index (κ2) is 3.79. The summed E-state index contributed by atoms with van der Waals surface area (Å²) in [6.07, 6.45) is 6.77. The van der Waals surface area contributed by atoms with Gasteiger partial charge in [0.25, 0.3) is 0 Å². The van der Waals surface area contributed by atoms with Crippen molar-refractivity contribution < 1.29 is 4.79 Å². The summed E-state index contributed by atoms with van der Waals surface area (Å²) in [5, 5.41) is 3.56. The van der Waals surface area contributed by atoms with Gasteiger partial charge in [0, 0.05) is 24.4 Å². The average Bonchev–Trinajstić information content (AvgIpc) is 2.49. The molecule has 1 N–H and O–H groups in total. The molecule has 74 valence electrons. The number of hydrogen-bond acceptors (Lipinski definition) is 2. The molecule has 2 heterocycles.